The minimum absolute atomic E-state index is 0.00674. The summed E-state index contributed by atoms with van der Waals surface area (Å²) in [5.74, 6) is -0.511. The lowest BCUT2D eigenvalue weighted by molar-refractivity contribution is -0.143. The number of carbonyl (C=O) groups excluding carboxylic acids is 2. The zero-order chi connectivity index (χ0) is 19.7. The molecular weight excluding hydrogens is 361 g/mol. The predicted molar refractivity (Wildman–Crippen MR) is 102 cm³/mol. The Kier molecular flexibility index (Phi) is 4.85. The van der Waals surface area contributed by atoms with Gasteiger partial charge in [-0.15, -0.1) is 0 Å². The number of piperidine rings is 1. The number of rotatable bonds is 2. The summed E-state index contributed by atoms with van der Waals surface area (Å²) in [5, 5.41) is 0. The monoisotopic (exact) mass is 383 g/mol. The van der Waals surface area contributed by atoms with Gasteiger partial charge < -0.3 is 14.5 Å². The highest BCUT2D eigenvalue weighted by atomic mass is 19.1. The van der Waals surface area contributed by atoms with E-state index in [0.717, 1.165) is 5.69 Å². The lowest BCUT2D eigenvalue weighted by atomic mass is 9.88. The fourth-order valence-corrected chi connectivity index (χ4v) is 3.77. The summed E-state index contributed by atoms with van der Waals surface area (Å²) in [7, 11) is 0. The summed E-state index contributed by atoms with van der Waals surface area (Å²) in [6.07, 6.45) is 2.89. The second-order valence-corrected chi connectivity index (χ2v) is 7.41. The SMILES string of the molecule is Cc1ccc(C(=O)N2CCC3(CC2)CN(c2ccc(F)cc2)C(=O)CO3)cn1. The van der Waals surface area contributed by atoms with Gasteiger partial charge in [0.2, 0.25) is 0 Å². The van der Waals surface area contributed by atoms with E-state index < -0.39 is 5.60 Å². The van der Waals surface area contributed by atoms with Crippen molar-refractivity contribution >= 4 is 17.5 Å². The molecule has 2 aliphatic rings. The van der Waals surface area contributed by atoms with Gasteiger partial charge in [0.1, 0.15) is 12.4 Å². The van der Waals surface area contributed by atoms with E-state index in [9.17, 15) is 14.0 Å². The molecule has 0 bridgehead atoms. The van der Waals surface area contributed by atoms with E-state index in [1.165, 1.54) is 12.1 Å². The maximum atomic E-state index is 13.2. The molecule has 4 rings (SSSR count). The van der Waals surface area contributed by atoms with E-state index in [-0.39, 0.29) is 24.2 Å². The number of benzene rings is 1. The molecule has 0 saturated carbocycles. The van der Waals surface area contributed by atoms with Gasteiger partial charge in [-0.05, 0) is 56.2 Å². The van der Waals surface area contributed by atoms with Crippen LogP contribution in [0.1, 0.15) is 28.9 Å². The quantitative estimate of drug-likeness (QED) is 0.800. The number of halogens is 1. The number of hydrogen-bond acceptors (Lipinski definition) is 4. The van der Waals surface area contributed by atoms with Gasteiger partial charge in [0.25, 0.3) is 11.8 Å². The molecule has 0 unspecified atom stereocenters. The van der Waals surface area contributed by atoms with Gasteiger partial charge in [0, 0.05) is 30.7 Å². The first-order valence-electron chi connectivity index (χ1n) is 9.38. The summed E-state index contributed by atoms with van der Waals surface area (Å²) in [4.78, 5) is 32.7. The maximum Gasteiger partial charge on any atom is 0.255 e. The van der Waals surface area contributed by atoms with Crippen LogP contribution in [0.5, 0.6) is 0 Å². The minimum atomic E-state index is -0.482. The van der Waals surface area contributed by atoms with Crippen LogP contribution in [0, 0.1) is 12.7 Å². The molecule has 2 saturated heterocycles. The molecule has 0 atom stereocenters. The first kappa shape index (κ1) is 18.6. The molecule has 2 aliphatic heterocycles. The largest absolute Gasteiger partial charge is 0.363 e. The van der Waals surface area contributed by atoms with Gasteiger partial charge in [-0.1, -0.05) is 0 Å². The number of aromatic nitrogens is 1. The number of anilines is 1. The van der Waals surface area contributed by atoms with Crippen LogP contribution in [-0.2, 0) is 9.53 Å². The van der Waals surface area contributed by atoms with Crippen molar-refractivity contribution in [2.75, 3.05) is 31.1 Å². The van der Waals surface area contributed by atoms with E-state index >= 15 is 0 Å². The van der Waals surface area contributed by atoms with E-state index in [1.807, 2.05) is 13.0 Å². The third kappa shape index (κ3) is 3.62. The molecule has 28 heavy (non-hydrogen) atoms. The van der Waals surface area contributed by atoms with Crippen LogP contribution in [-0.4, -0.2) is 53.5 Å². The number of likely N-dealkylation sites (tertiary alicyclic amines) is 1. The fourth-order valence-electron chi connectivity index (χ4n) is 3.77. The Labute approximate surface area is 162 Å². The lowest BCUT2D eigenvalue weighted by Crippen LogP contribution is -2.59. The molecule has 0 aliphatic carbocycles. The van der Waals surface area contributed by atoms with Gasteiger partial charge >= 0.3 is 0 Å². The Balaban J connectivity index is 1.44. The number of amides is 2. The van der Waals surface area contributed by atoms with Crippen molar-refractivity contribution in [3.8, 4) is 0 Å². The number of aryl methyl sites for hydroxylation is 1. The summed E-state index contributed by atoms with van der Waals surface area (Å²) in [5.41, 5.74) is 1.63. The molecule has 0 N–H and O–H groups in total. The van der Waals surface area contributed by atoms with Crippen LogP contribution >= 0.6 is 0 Å². The van der Waals surface area contributed by atoms with Crippen molar-refractivity contribution in [1.29, 1.82) is 0 Å². The minimum Gasteiger partial charge on any atom is -0.363 e. The molecule has 3 heterocycles. The normalized spacial score (nSPS) is 19.1. The highest BCUT2D eigenvalue weighted by Crippen LogP contribution is 2.33. The summed E-state index contributed by atoms with van der Waals surface area (Å²) >= 11 is 0. The highest BCUT2D eigenvalue weighted by Gasteiger charge is 2.43. The Morgan fingerprint density at radius 3 is 2.50 bits per heavy atom. The zero-order valence-corrected chi connectivity index (χ0v) is 15.7. The molecule has 7 heteroatoms. The molecule has 2 fully saturated rings. The molecule has 1 aromatic carbocycles. The van der Waals surface area contributed by atoms with Crippen LogP contribution in [0.4, 0.5) is 10.1 Å². The standard InChI is InChI=1S/C21H22FN3O3/c1-15-2-3-16(12-23-15)20(27)24-10-8-21(9-11-24)14-25(19(26)13-28-21)18-6-4-17(22)5-7-18/h2-7,12H,8-11,13-14H2,1H3. The van der Waals surface area contributed by atoms with Crippen LogP contribution in [0.25, 0.3) is 0 Å². The predicted octanol–water partition coefficient (Wildman–Crippen LogP) is 2.57. The summed E-state index contributed by atoms with van der Waals surface area (Å²) < 4.78 is 19.1. The Morgan fingerprint density at radius 1 is 1.14 bits per heavy atom. The van der Waals surface area contributed by atoms with Gasteiger partial charge in [0.05, 0.1) is 17.7 Å². The Morgan fingerprint density at radius 2 is 1.86 bits per heavy atom. The van der Waals surface area contributed by atoms with Gasteiger partial charge in [0.15, 0.2) is 0 Å². The van der Waals surface area contributed by atoms with Crippen molar-refractivity contribution in [3.63, 3.8) is 0 Å². The third-order valence-corrected chi connectivity index (χ3v) is 5.51. The number of ether oxygens (including phenoxy) is 1. The van der Waals surface area contributed by atoms with E-state index in [2.05, 4.69) is 4.98 Å². The van der Waals surface area contributed by atoms with E-state index in [4.69, 9.17) is 4.74 Å². The number of nitrogens with zero attached hydrogens (tertiary/aromatic N) is 3. The highest BCUT2D eigenvalue weighted by molar-refractivity contribution is 5.95. The Bertz CT molecular complexity index is 875. The topological polar surface area (TPSA) is 62.7 Å². The fraction of sp³-hybridized carbons (Fsp3) is 0.381. The van der Waals surface area contributed by atoms with Crippen molar-refractivity contribution in [1.82, 2.24) is 9.88 Å². The molecule has 2 aromatic rings. The van der Waals surface area contributed by atoms with E-state index in [1.54, 1.807) is 34.2 Å². The zero-order valence-electron chi connectivity index (χ0n) is 15.7. The molecule has 6 nitrogen and oxygen atoms in total. The summed E-state index contributed by atoms with van der Waals surface area (Å²) in [6, 6.07) is 9.53. The first-order valence-corrected chi connectivity index (χ1v) is 9.38. The average molecular weight is 383 g/mol. The molecule has 2 amide bonds. The number of hydrogen-bond donors (Lipinski definition) is 0. The second kappa shape index (κ2) is 7.31. The van der Waals surface area contributed by atoms with Crippen LogP contribution in [0.2, 0.25) is 0 Å². The lowest BCUT2D eigenvalue weighted by Gasteiger charge is -2.47. The average Bonchev–Trinajstić information content (AvgIpc) is 2.71. The van der Waals surface area contributed by atoms with Crippen molar-refractivity contribution in [2.24, 2.45) is 0 Å². The van der Waals surface area contributed by atoms with Crippen molar-refractivity contribution in [2.45, 2.75) is 25.4 Å². The van der Waals surface area contributed by atoms with Crippen LogP contribution in [0.3, 0.4) is 0 Å². The van der Waals surface area contributed by atoms with Gasteiger partial charge in [-0.25, -0.2) is 4.39 Å². The van der Waals surface area contributed by atoms with E-state index in [0.29, 0.717) is 43.7 Å². The number of carbonyl (C=O) groups is 2. The number of pyridine rings is 1. The number of morpholine rings is 1. The molecule has 1 spiro atoms. The Hall–Kier alpha value is -2.80. The van der Waals surface area contributed by atoms with Gasteiger partial charge in [-0.2, -0.15) is 0 Å². The van der Waals surface area contributed by atoms with Crippen molar-refractivity contribution in [3.05, 3.63) is 59.7 Å². The second-order valence-electron chi connectivity index (χ2n) is 7.41. The molecule has 146 valence electrons. The van der Waals surface area contributed by atoms with Crippen molar-refractivity contribution < 1.29 is 18.7 Å². The smallest absolute Gasteiger partial charge is 0.255 e. The van der Waals surface area contributed by atoms with Gasteiger partial charge in [-0.3, -0.25) is 14.6 Å². The molecule has 0 radical (unpaired) electrons. The molecule has 1 aromatic heterocycles. The van der Waals surface area contributed by atoms with Crippen LogP contribution in [0.15, 0.2) is 42.6 Å². The van der Waals surface area contributed by atoms with Crippen LogP contribution < -0.4 is 4.90 Å². The summed E-state index contributed by atoms with van der Waals surface area (Å²) in [6.45, 7) is 3.39. The maximum absolute atomic E-state index is 13.2. The third-order valence-electron chi connectivity index (χ3n) is 5.51. The first-order chi connectivity index (χ1) is 13.5. The molecular formula is C21H22FN3O3.